The third kappa shape index (κ3) is 3.88. The van der Waals surface area contributed by atoms with Gasteiger partial charge in [0.25, 0.3) is 0 Å². The quantitative estimate of drug-likeness (QED) is 0.760. The number of pyridine rings is 1. The van der Waals surface area contributed by atoms with E-state index in [4.69, 9.17) is 14.2 Å². The molecule has 0 saturated heterocycles. The summed E-state index contributed by atoms with van der Waals surface area (Å²) in [5.41, 5.74) is 1.87. The van der Waals surface area contributed by atoms with Gasteiger partial charge in [-0.2, -0.15) is 0 Å². The highest BCUT2D eigenvalue weighted by atomic mass is 16.5. The highest BCUT2D eigenvalue weighted by Crippen LogP contribution is 2.38. The first-order valence-corrected chi connectivity index (χ1v) is 6.84. The highest BCUT2D eigenvalue weighted by Gasteiger charge is 2.11. The van der Waals surface area contributed by atoms with Gasteiger partial charge < -0.3 is 14.2 Å². The average molecular weight is 297 g/mol. The summed E-state index contributed by atoms with van der Waals surface area (Å²) in [5.74, 6) is 1.86. The van der Waals surface area contributed by atoms with E-state index in [1.807, 2.05) is 54.6 Å². The fourth-order valence-electron chi connectivity index (χ4n) is 1.99. The van der Waals surface area contributed by atoms with Crippen molar-refractivity contribution in [2.75, 3.05) is 21.3 Å². The molecule has 0 spiro atoms. The maximum Gasteiger partial charge on any atom is 0.203 e. The number of benzene rings is 1. The molecular formula is C18H19NO3. The second kappa shape index (κ2) is 7.88. The Morgan fingerprint density at radius 1 is 0.864 bits per heavy atom. The Bertz CT molecular complexity index is 638. The Morgan fingerprint density at radius 2 is 1.55 bits per heavy atom. The number of ether oxygens (including phenoxy) is 3. The maximum absolute atomic E-state index is 5.33. The largest absolute Gasteiger partial charge is 0.493 e. The first-order valence-electron chi connectivity index (χ1n) is 6.84. The molecule has 0 aliphatic rings. The minimum absolute atomic E-state index is 0.589. The van der Waals surface area contributed by atoms with Gasteiger partial charge in [0, 0.05) is 6.20 Å². The van der Waals surface area contributed by atoms with E-state index in [2.05, 4.69) is 4.98 Å². The fraction of sp³-hybridized carbons (Fsp3) is 0.167. The molecular weight excluding hydrogens is 278 g/mol. The van der Waals surface area contributed by atoms with Gasteiger partial charge >= 0.3 is 0 Å². The second-order valence-electron chi connectivity index (χ2n) is 4.43. The molecule has 1 heterocycles. The van der Waals surface area contributed by atoms with Crippen LogP contribution < -0.4 is 14.2 Å². The van der Waals surface area contributed by atoms with Gasteiger partial charge in [0.05, 0.1) is 27.0 Å². The zero-order valence-corrected chi connectivity index (χ0v) is 12.9. The van der Waals surface area contributed by atoms with Gasteiger partial charge in [-0.25, -0.2) is 0 Å². The maximum atomic E-state index is 5.33. The van der Waals surface area contributed by atoms with Gasteiger partial charge in [-0.05, 0) is 35.9 Å². The minimum atomic E-state index is 0.589. The molecule has 4 heteroatoms. The van der Waals surface area contributed by atoms with E-state index in [1.54, 1.807) is 27.5 Å². The normalized spacial score (nSPS) is 11.0. The topological polar surface area (TPSA) is 40.6 Å². The molecule has 0 atom stereocenters. The van der Waals surface area contributed by atoms with Crippen molar-refractivity contribution >= 4 is 12.2 Å². The zero-order valence-electron chi connectivity index (χ0n) is 12.9. The molecule has 0 N–H and O–H groups in total. The van der Waals surface area contributed by atoms with E-state index in [1.165, 1.54) is 0 Å². The summed E-state index contributed by atoms with van der Waals surface area (Å²) in [6.45, 7) is 0. The van der Waals surface area contributed by atoms with E-state index in [9.17, 15) is 0 Å². The van der Waals surface area contributed by atoms with E-state index >= 15 is 0 Å². The Kier molecular flexibility index (Phi) is 5.60. The van der Waals surface area contributed by atoms with Gasteiger partial charge in [0.2, 0.25) is 5.75 Å². The van der Waals surface area contributed by atoms with Crippen LogP contribution in [0.3, 0.4) is 0 Å². The van der Waals surface area contributed by atoms with Crippen LogP contribution in [0.1, 0.15) is 11.3 Å². The Morgan fingerprint density at radius 3 is 2.09 bits per heavy atom. The van der Waals surface area contributed by atoms with Gasteiger partial charge in [-0.3, -0.25) is 4.98 Å². The molecule has 0 saturated carbocycles. The summed E-state index contributed by atoms with van der Waals surface area (Å²) in [4.78, 5) is 4.22. The van der Waals surface area contributed by atoms with Crippen molar-refractivity contribution in [1.29, 1.82) is 0 Å². The number of nitrogens with zero attached hydrogens (tertiary/aromatic N) is 1. The molecule has 114 valence electrons. The lowest BCUT2D eigenvalue weighted by Gasteiger charge is -2.12. The van der Waals surface area contributed by atoms with Gasteiger partial charge in [-0.1, -0.05) is 24.3 Å². The summed E-state index contributed by atoms with van der Waals surface area (Å²) in [6.07, 6.45) is 9.54. The van der Waals surface area contributed by atoms with Crippen LogP contribution in [0.5, 0.6) is 17.2 Å². The average Bonchev–Trinajstić information content (AvgIpc) is 2.58. The van der Waals surface area contributed by atoms with Crippen LogP contribution in [0, 0.1) is 0 Å². The van der Waals surface area contributed by atoms with Crippen molar-refractivity contribution < 1.29 is 14.2 Å². The van der Waals surface area contributed by atoms with E-state index in [-0.39, 0.29) is 0 Å². The van der Waals surface area contributed by atoms with Crippen LogP contribution >= 0.6 is 0 Å². The number of allylic oxidation sites excluding steroid dienone is 2. The summed E-state index contributed by atoms with van der Waals surface area (Å²) in [6, 6.07) is 9.58. The third-order valence-electron chi connectivity index (χ3n) is 3.04. The Labute approximate surface area is 130 Å². The summed E-state index contributed by atoms with van der Waals surface area (Å²) >= 11 is 0. The van der Waals surface area contributed by atoms with Crippen LogP contribution in [0.15, 0.2) is 48.7 Å². The fourth-order valence-corrected chi connectivity index (χ4v) is 1.99. The molecule has 0 unspecified atom stereocenters. The van der Waals surface area contributed by atoms with E-state index in [0.29, 0.717) is 17.2 Å². The summed E-state index contributed by atoms with van der Waals surface area (Å²) in [5, 5.41) is 0. The molecule has 0 bridgehead atoms. The van der Waals surface area contributed by atoms with Crippen molar-refractivity contribution in [3.8, 4) is 17.2 Å². The predicted molar refractivity (Wildman–Crippen MR) is 88.4 cm³/mol. The summed E-state index contributed by atoms with van der Waals surface area (Å²) < 4.78 is 16.0. The smallest absolute Gasteiger partial charge is 0.203 e. The van der Waals surface area contributed by atoms with E-state index < -0.39 is 0 Å². The second-order valence-corrected chi connectivity index (χ2v) is 4.43. The van der Waals surface area contributed by atoms with Gasteiger partial charge in [-0.15, -0.1) is 0 Å². The molecule has 0 aliphatic heterocycles. The lowest BCUT2D eigenvalue weighted by Crippen LogP contribution is -1.95. The number of rotatable bonds is 6. The van der Waals surface area contributed by atoms with E-state index in [0.717, 1.165) is 11.3 Å². The lowest BCUT2D eigenvalue weighted by molar-refractivity contribution is 0.324. The van der Waals surface area contributed by atoms with Crippen molar-refractivity contribution in [2.24, 2.45) is 0 Å². The Balaban J connectivity index is 2.19. The standard InChI is InChI=1S/C18H19NO3/c1-20-16-12-14(13-17(21-2)18(16)22-3)8-4-5-9-15-10-6-7-11-19-15/h4-13H,1-3H3. The molecule has 22 heavy (non-hydrogen) atoms. The third-order valence-corrected chi connectivity index (χ3v) is 3.04. The monoisotopic (exact) mass is 297 g/mol. The van der Waals surface area contributed by atoms with Crippen molar-refractivity contribution in [3.05, 3.63) is 59.9 Å². The van der Waals surface area contributed by atoms with Crippen LogP contribution in [-0.2, 0) is 0 Å². The molecule has 1 aromatic heterocycles. The van der Waals surface area contributed by atoms with Crippen molar-refractivity contribution in [3.63, 3.8) is 0 Å². The molecule has 0 fully saturated rings. The molecule has 1 aromatic carbocycles. The minimum Gasteiger partial charge on any atom is -0.493 e. The number of hydrogen-bond donors (Lipinski definition) is 0. The lowest BCUT2D eigenvalue weighted by atomic mass is 10.1. The van der Waals surface area contributed by atoms with Gasteiger partial charge in [0.15, 0.2) is 11.5 Å². The molecule has 2 rings (SSSR count). The van der Waals surface area contributed by atoms with Crippen LogP contribution in [-0.4, -0.2) is 26.3 Å². The first kappa shape index (κ1) is 15.6. The van der Waals surface area contributed by atoms with Crippen LogP contribution in [0.4, 0.5) is 0 Å². The molecule has 4 nitrogen and oxygen atoms in total. The van der Waals surface area contributed by atoms with Gasteiger partial charge in [0.1, 0.15) is 0 Å². The SMILES string of the molecule is COc1cc(C=CC=Cc2ccccn2)cc(OC)c1OC. The van der Waals surface area contributed by atoms with Crippen molar-refractivity contribution in [1.82, 2.24) is 4.98 Å². The molecule has 0 amide bonds. The molecule has 2 aromatic rings. The van der Waals surface area contributed by atoms with Crippen molar-refractivity contribution in [2.45, 2.75) is 0 Å². The molecule has 0 aliphatic carbocycles. The number of aromatic nitrogens is 1. The predicted octanol–water partition coefficient (Wildman–Crippen LogP) is 3.83. The Hall–Kier alpha value is -2.75. The highest BCUT2D eigenvalue weighted by molar-refractivity contribution is 5.63. The number of methoxy groups -OCH3 is 3. The zero-order chi connectivity index (χ0) is 15.8. The molecule has 0 radical (unpaired) electrons. The first-order chi connectivity index (χ1) is 10.8. The van der Waals surface area contributed by atoms with Crippen LogP contribution in [0.2, 0.25) is 0 Å². The van der Waals surface area contributed by atoms with Crippen LogP contribution in [0.25, 0.3) is 12.2 Å². The summed E-state index contributed by atoms with van der Waals surface area (Å²) in [7, 11) is 4.79. The number of hydrogen-bond acceptors (Lipinski definition) is 4.